The zero-order valence-corrected chi connectivity index (χ0v) is 11.4. The lowest BCUT2D eigenvalue weighted by molar-refractivity contribution is 0.688. The number of hydrogen-bond donors (Lipinski definition) is 0. The Labute approximate surface area is 111 Å². The van der Waals surface area contributed by atoms with E-state index in [0.29, 0.717) is 0 Å². The lowest BCUT2D eigenvalue weighted by Gasteiger charge is -1.98. The Bertz CT molecular complexity index is 565. The van der Waals surface area contributed by atoms with Crippen molar-refractivity contribution >= 4 is 16.9 Å². The summed E-state index contributed by atoms with van der Waals surface area (Å²) < 4.78 is 12.0. The van der Waals surface area contributed by atoms with Crippen LogP contribution in [0.25, 0.3) is 6.08 Å². The molecule has 0 bridgehead atoms. The van der Waals surface area contributed by atoms with Gasteiger partial charge in [0, 0.05) is 10.3 Å². The largest absolute Gasteiger partial charge is 0.250 e. The van der Waals surface area contributed by atoms with E-state index in [1.54, 1.807) is 5.41 Å². The molecular formula is C16H16OS. The molecular weight excluding hydrogens is 240 g/mol. The van der Waals surface area contributed by atoms with Gasteiger partial charge in [0.2, 0.25) is 0 Å². The van der Waals surface area contributed by atoms with Gasteiger partial charge in [0.05, 0.1) is 10.8 Å². The van der Waals surface area contributed by atoms with E-state index in [-0.39, 0.29) is 0 Å². The molecule has 18 heavy (non-hydrogen) atoms. The van der Waals surface area contributed by atoms with E-state index in [1.165, 1.54) is 11.1 Å². The molecule has 0 radical (unpaired) electrons. The van der Waals surface area contributed by atoms with Crippen molar-refractivity contribution in [3.8, 4) is 0 Å². The lowest BCUT2D eigenvalue weighted by Crippen LogP contribution is -1.86. The molecule has 0 aliphatic carbocycles. The Kier molecular flexibility index (Phi) is 4.11. The zero-order chi connectivity index (χ0) is 13.0. The maximum atomic E-state index is 12.0. The minimum Gasteiger partial charge on any atom is -0.250 e. The van der Waals surface area contributed by atoms with E-state index in [9.17, 15) is 4.21 Å². The highest BCUT2D eigenvalue weighted by atomic mass is 32.2. The Morgan fingerprint density at radius 2 is 1.33 bits per heavy atom. The maximum Gasteiger partial charge on any atom is 0.0776 e. The Hall–Kier alpha value is -1.67. The minimum absolute atomic E-state index is 0.837. The second-order valence-electron chi connectivity index (χ2n) is 4.32. The van der Waals surface area contributed by atoms with Gasteiger partial charge in [0.25, 0.3) is 0 Å². The van der Waals surface area contributed by atoms with Crippen molar-refractivity contribution in [1.29, 1.82) is 0 Å². The average molecular weight is 256 g/mol. The summed E-state index contributed by atoms with van der Waals surface area (Å²) in [6, 6.07) is 15.9. The monoisotopic (exact) mass is 256 g/mol. The van der Waals surface area contributed by atoms with Gasteiger partial charge in [0.1, 0.15) is 0 Å². The third-order valence-corrected chi connectivity index (χ3v) is 3.83. The smallest absolute Gasteiger partial charge is 0.0776 e. The summed E-state index contributed by atoms with van der Waals surface area (Å²) in [6.07, 6.45) is 1.90. The van der Waals surface area contributed by atoms with Gasteiger partial charge in [-0.05, 0) is 37.6 Å². The van der Waals surface area contributed by atoms with Gasteiger partial charge < -0.3 is 0 Å². The predicted octanol–water partition coefficient (Wildman–Crippen LogP) is 4.08. The van der Waals surface area contributed by atoms with Gasteiger partial charge in [0.15, 0.2) is 0 Å². The summed E-state index contributed by atoms with van der Waals surface area (Å²) in [5, 5.41) is 1.73. The van der Waals surface area contributed by atoms with Gasteiger partial charge in [-0.15, -0.1) is 0 Å². The van der Waals surface area contributed by atoms with Crippen LogP contribution in [0.2, 0.25) is 0 Å². The van der Waals surface area contributed by atoms with Gasteiger partial charge in [-0.3, -0.25) is 0 Å². The first-order valence-electron chi connectivity index (χ1n) is 5.87. The molecule has 1 unspecified atom stereocenters. The van der Waals surface area contributed by atoms with Crippen LogP contribution in [0.1, 0.15) is 16.7 Å². The predicted molar refractivity (Wildman–Crippen MR) is 77.8 cm³/mol. The quantitative estimate of drug-likeness (QED) is 0.808. The average Bonchev–Trinajstić information content (AvgIpc) is 2.38. The lowest BCUT2D eigenvalue weighted by atomic mass is 10.2. The molecule has 0 N–H and O–H groups in total. The van der Waals surface area contributed by atoms with Gasteiger partial charge in [-0.2, -0.15) is 0 Å². The van der Waals surface area contributed by atoms with E-state index in [4.69, 9.17) is 0 Å². The van der Waals surface area contributed by atoms with Crippen molar-refractivity contribution in [2.45, 2.75) is 18.7 Å². The van der Waals surface area contributed by atoms with E-state index < -0.39 is 10.8 Å². The van der Waals surface area contributed by atoms with Gasteiger partial charge in [-0.25, -0.2) is 4.21 Å². The highest BCUT2D eigenvalue weighted by Crippen LogP contribution is 2.11. The summed E-state index contributed by atoms with van der Waals surface area (Å²) >= 11 is 0. The molecule has 0 saturated carbocycles. The molecule has 0 amide bonds. The summed E-state index contributed by atoms with van der Waals surface area (Å²) in [7, 11) is -1.08. The van der Waals surface area contributed by atoms with Crippen LogP contribution in [0.4, 0.5) is 0 Å². The fourth-order valence-corrected chi connectivity index (χ4v) is 2.41. The summed E-state index contributed by atoms with van der Waals surface area (Å²) in [5.74, 6) is 0. The van der Waals surface area contributed by atoms with E-state index in [2.05, 4.69) is 19.1 Å². The van der Waals surface area contributed by atoms with Crippen LogP contribution in [0.5, 0.6) is 0 Å². The van der Waals surface area contributed by atoms with Crippen LogP contribution in [-0.4, -0.2) is 4.21 Å². The molecule has 0 aliphatic rings. The minimum atomic E-state index is -1.08. The van der Waals surface area contributed by atoms with Crippen LogP contribution < -0.4 is 0 Å². The Morgan fingerprint density at radius 3 is 1.89 bits per heavy atom. The fourth-order valence-electron chi connectivity index (χ4n) is 1.57. The molecule has 0 fully saturated rings. The Morgan fingerprint density at radius 1 is 0.833 bits per heavy atom. The summed E-state index contributed by atoms with van der Waals surface area (Å²) in [6.45, 7) is 4.08. The van der Waals surface area contributed by atoms with Gasteiger partial charge in [-0.1, -0.05) is 47.5 Å². The van der Waals surface area contributed by atoms with Gasteiger partial charge >= 0.3 is 0 Å². The molecule has 2 rings (SSSR count). The van der Waals surface area contributed by atoms with Crippen molar-refractivity contribution in [3.63, 3.8) is 0 Å². The standard InChI is InChI=1S/C16H16OS/c1-13-3-7-15(8-4-13)11-12-18(17)16-9-5-14(2)6-10-16/h3-12H,1-2H3/b12-11+. The van der Waals surface area contributed by atoms with Crippen molar-refractivity contribution in [2.75, 3.05) is 0 Å². The number of benzene rings is 2. The van der Waals surface area contributed by atoms with Crippen LogP contribution in [0.3, 0.4) is 0 Å². The van der Waals surface area contributed by atoms with E-state index in [0.717, 1.165) is 10.5 Å². The molecule has 1 atom stereocenters. The molecule has 2 aromatic rings. The van der Waals surface area contributed by atoms with Crippen LogP contribution >= 0.6 is 0 Å². The third-order valence-electron chi connectivity index (χ3n) is 2.71. The highest BCUT2D eigenvalue weighted by molar-refractivity contribution is 7.88. The molecule has 2 heteroatoms. The fraction of sp³-hybridized carbons (Fsp3) is 0.125. The summed E-state index contributed by atoms with van der Waals surface area (Å²) in [4.78, 5) is 0.837. The molecule has 0 saturated heterocycles. The zero-order valence-electron chi connectivity index (χ0n) is 10.6. The van der Waals surface area contributed by atoms with Crippen molar-refractivity contribution in [1.82, 2.24) is 0 Å². The first-order valence-corrected chi connectivity index (χ1v) is 7.08. The summed E-state index contributed by atoms with van der Waals surface area (Å²) in [5.41, 5.74) is 3.48. The molecule has 2 aromatic carbocycles. The highest BCUT2D eigenvalue weighted by Gasteiger charge is 1.98. The first kappa shape index (κ1) is 12.8. The van der Waals surface area contributed by atoms with E-state index >= 15 is 0 Å². The van der Waals surface area contributed by atoms with Crippen molar-refractivity contribution < 1.29 is 4.21 Å². The number of aryl methyl sites for hydroxylation is 2. The molecule has 92 valence electrons. The second kappa shape index (κ2) is 5.78. The number of rotatable bonds is 3. The topological polar surface area (TPSA) is 17.1 Å². The van der Waals surface area contributed by atoms with E-state index in [1.807, 2.05) is 49.4 Å². The van der Waals surface area contributed by atoms with Crippen molar-refractivity contribution in [2.24, 2.45) is 0 Å². The molecule has 1 nitrogen and oxygen atoms in total. The molecule has 0 aliphatic heterocycles. The SMILES string of the molecule is Cc1ccc(/C=C/S(=O)c2ccc(C)cc2)cc1. The van der Waals surface area contributed by atoms with Crippen LogP contribution in [-0.2, 0) is 10.8 Å². The van der Waals surface area contributed by atoms with Crippen LogP contribution in [0.15, 0.2) is 58.8 Å². The Balaban J connectivity index is 2.11. The molecule has 0 aromatic heterocycles. The normalized spacial score (nSPS) is 12.8. The van der Waals surface area contributed by atoms with Crippen LogP contribution in [0, 0.1) is 13.8 Å². The maximum absolute atomic E-state index is 12.0. The van der Waals surface area contributed by atoms with Crippen molar-refractivity contribution in [3.05, 3.63) is 70.6 Å². The second-order valence-corrected chi connectivity index (χ2v) is 5.66. The first-order chi connectivity index (χ1) is 8.65. The third kappa shape index (κ3) is 3.41. The molecule has 0 heterocycles. The number of hydrogen-bond acceptors (Lipinski definition) is 1. The molecule has 0 spiro atoms.